The van der Waals surface area contributed by atoms with Gasteiger partial charge in [-0.1, -0.05) is 78.3 Å². The summed E-state index contributed by atoms with van der Waals surface area (Å²) < 4.78 is 5.61. The molecule has 0 aliphatic heterocycles. The molecule has 11 heteroatoms. The number of nitrogens with two attached hydrogens (primary N) is 2. The minimum atomic E-state index is -1.16. The number of hydrogen-bond donors (Lipinski definition) is 6. The van der Waals surface area contributed by atoms with E-state index in [0.29, 0.717) is 5.02 Å². The van der Waals surface area contributed by atoms with E-state index < -0.39 is 24.0 Å². The number of hydrogen-bond acceptors (Lipinski definition) is 7. The molecule has 0 bridgehead atoms. The monoisotopic (exact) mass is 524 g/mol. The largest absolute Gasteiger partial charge is 0.480 e. The molecule has 0 spiro atoms. The van der Waals surface area contributed by atoms with E-state index in [0.717, 1.165) is 22.3 Å². The maximum absolute atomic E-state index is 13.0. The van der Waals surface area contributed by atoms with Gasteiger partial charge in [-0.15, -0.1) is 5.10 Å². The van der Waals surface area contributed by atoms with E-state index in [-0.39, 0.29) is 25.6 Å². The normalized spacial score (nSPS) is 13.0. The lowest BCUT2D eigenvalue weighted by molar-refractivity contribution is -0.141. The third kappa shape index (κ3) is 8.58. The number of hydrazine groups is 1. The van der Waals surface area contributed by atoms with Crippen molar-refractivity contribution in [2.24, 2.45) is 16.8 Å². The number of carboxylic acid groups (broad SMARTS) is 1. The first-order valence-electron chi connectivity index (χ1n) is 11.4. The number of hydrazone groups is 1. The fourth-order valence-electron chi connectivity index (χ4n) is 3.58. The zero-order valence-electron chi connectivity index (χ0n) is 19.9. The minimum Gasteiger partial charge on any atom is -0.480 e. The number of nitrogens with zero attached hydrogens (tertiary/aromatic N) is 1. The lowest BCUT2D eigenvalue weighted by Gasteiger charge is -2.23. The molecule has 3 rings (SSSR count). The first kappa shape index (κ1) is 27.6. The predicted molar refractivity (Wildman–Crippen MR) is 142 cm³/mol. The van der Waals surface area contributed by atoms with Crippen molar-refractivity contribution in [3.8, 4) is 11.1 Å². The van der Waals surface area contributed by atoms with Crippen LogP contribution in [0.3, 0.4) is 0 Å². The molecule has 0 fully saturated rings. The van der Waals surface area contributed by atoms with Gasteiger partial charge >= 0.3 is 5.97 Å². The van der Waals surface area contributed by atoms with Crippen molar-refractivity contribution >= 4 is 29.4 Å². The second kappa shape index (κ2) is 14.0. The van der Waals surface area contributed by atoms with Crippen LogP contribution < -0.4 is 27.7 Å². The molecule has 194 valence electrons. The molecule has 2 atom stereocenters. The summed E-state index contributed by atoms with van der Waals surface area (Å²) in [4.78, 5) is 25.0. The van der Waals surface area contributed by atoms with Crippen LogP contribution in [-0.2, 0) is 27.4 Å². The van der Waals surface area contributed by atoms with Gasteiger partial charge in [0, 0.05) is 5.02 Å². The molecule has 1 amide bonds. The maximum atomic E-state index is 13.0. The number of carboxylic acids is 1. The predicted octanol–water partition coefficient (Wildman–Crippen LogP) is 1.99. The molecule has 3 aromatic rings. The van der Waals surface area contributed by atoms with Crippen molar-refractivity contribution in [3.63, 3.8) is 0 Å². The molecular formula is C26H29ClN6O4. The van der Waals surface area contributed by atoms with Gasteiger partial charge in [0.25, 0.3) is 0 Å². The number of rotatable bonds is 11. The van der Waals surface area contributed by atoms with Crippen LogP contribution in [0, 0.1) is 0 Å². The first-order valence-corrected chi connectivity index (χ1v) is 11.8. The van der Waals surface area contributed by atoms with Crippen LogP contribution >= 0.6 is 11.6 Å². The van der Waals surface area contributed by atoms with Crippen LogP contribution in [0.1, 0.15) is 11.1 Å². The molecule has 0 heterocycles. The summed E-state index contributed by atoms with van der Waals surface area (Å²) in [5.74, 6) is 8.64. The van der Waals surface area contributed by atoms with Crippen molar-refractivity contribution in [1.29, 1.82) is 0 Å². The van der Waals surface area contributed by atoms with E-state index in [4.69, 9.17) is 28.0 Å². The number of amides is 1. The Morgan fingerprint density at radius 3 is 2.30 bits per heavy atom. The highest BCUT2D eigenvalue weighted by atomic mass is 35.5. The van der Waals surface area contributed by atoms with Crippen LogP contribution in [0.5, 0.6) is 0 Å². The first-order chi connectivity index (χ1) is 17.9. The smallest absolute Gasteiger partial charge is 0.323 e. The average molecular weight is 525 g/mol. The zero-order chi connectivity index (χ0) is 26.6. The van der Waals surface area contributed by atoms with Gasteiger partial charge in [0.15, 0.2) is 0 Å². The van der Waals surface area contributed by atoms with Gasteiger partial charge < -0.3 is 15.7 Å². The van der Waals surface area contributed by atoms with Crippen LogP contribution in [-0.4, -0.2) is 41.6 Å². The van der Waals surface area contributed by atoms with Gasteiger partial charge in [0.05, 0.1) is 19.3 Å². The van der Waals surface area contributed by atoms with Gasteiger partial charge in [-0.25, -0.2) is 5.84 Å². The molecule has 10 nitrogen and oxygen atoms in total. The lowest BCUT2D eigenvalue weighted by atomic mass is 10.00. The lowest BCUT2D eigenvalue weighted by Crippen LogP contribution is -2.56. The number of benzene rings is 3. The van der Waals surface area contributed by atoms with Gasteiger partial charge in [-0.2, -0.15) is 0 Å². The second-order valence-corrected chi connectivity index (χ2v) is 8.57. The second-order valence-electron chi connectivity index (χ2n) is 8.13. The number of nitrogens with one attached hydrogen (secondary N) is 3. The van der Waals surface area contributed by atoms with Crippen molar-refractivity contribution < 1.29 is 19.4 Å². The van der Waals surface area contributed by atoms with Crippen molar-refractivity contribution in [3.05, 3.63) is 95.0 Å². The highest BCUT2D eigenvalue weighted by Gasteiger charge is 2.27. The molecule has 0 aliphatic rings. The Bertz CT molecular complexity index is 1210. The molecule has 0 aliphatic carbocycles. The third-order valence-corrected chi connectivity index (χ3v) is 5.71. The minimum absolute atomic E-state index is 0.158. The molecule has 0 saturated carbocycles. The van der Waals surface area contributed by atoms with Crippen LogP contribution in [0.15, 0.2) is 84.0 Å². The van der Waals surface area contributed by atoms with Crippen molar-refractivity contribution in [1.82, 2.24) is 16.1 Å². The Morgan fingerprint density at radius 1 is 0.946 bits per heavy atom. The molecule has 37 heavy (non-hydrogen) atoms. The topological polar surface area (TPSA) is 164 Å². The van der Waals surface area contributed by atoms with Gasteiger partial charge in [0.1, 0.15) is 6.04 Å². The van der Waals surface area contributed by atoms with Crippen LogP contribution in [0.2, 0.25) is 5.02 Å². The number of ether oxygens (including phenoxy) is 1. The summed E-state index contributed by atoms with van der Waals surface area (Å²) in [6.07, 6.45) is 0.173. The van der Waals surface area contributed by atoms with E-state index in [9.17, 15) is 14.7 Å². The molecular weight excluding hydrogens is 496 g/mol. The van der Waals surface area contributed by atoms with Crippen LogP contribution in [0.25, 0.3) is 11.1 Å². The Hall–Kier alpha value is -3.96. The SMILES string of the molecule is NN=C(NN)NC(=O)[C@H](Cc1ccc(-c2cccc(Cl)c2)cc1)N[C@@H](COCc1ccccc1)C(=O)O. The Balaban J connectivity index is 1.74. The van der Waals surface area contributed by atoms with Gasteiger partial charge in [-0.3, -0.25) is 25.6 Å². The number of carbonyl (C=O) groups excluding carboxylic acids is 1. The summed E-state index contributed by atoms with van der Waals surface area (Å²) in [5.41, 5.74) is 5.76. The number of aliphatic carboxylic acids is 1. The number of carbonyl (C=O) groups is 2. The van der Waals surface area contributed by atoms with E-state index in [1.165, 1.54) is 0 Å². The molecule has 3 aromatic carbocycles. The Morgan fingerprint density at radius 2 is 1.68 bits per heavy atom. The third-order valence-electron chi connectivity index (χ3n) is 5.47. The summed E-state index contributed by atoms with van der Waals surface area (Å²) in [6.45, 7) is 0.0733. The highest BCUT2D eigenvalue weighted by Crippen LogP contribution is 2.23. The quantitative estimate of drug-likeness (QED) is 0.0959. The molecule has 0 aromatic heterocycles. The van der Waals surface area contributed by atoms with Crippen LogP contribution in [0.4, 0.5) is 0 Å². The summed E-state index contributed by atoms with van der Waals surface area (Å²) in [6, 6.07) is 22.2. The molecule has 0 unspecified atom stereocenters. The molecule has 0 radical (unpaired) electrons. The number of guanidine groups is 1. The van der Waals surface area contributed by atoms with E-state index in [1.54, 1.807) is 6.07 Å². The molecule has 8 N–H and O–H groups in total. The maximum Gasteiger partial charge on any atom is 0.323 e. The summed E-state index contributed by atoms with van der Waals surface area (Å²) in [5, 5.41) is 19.1. The van der Waals surface area contributed by atoms with Gasteiger partial charge in [-0.05, 0) is 40.8 Å². The van der Waals surface area contributed by atoms with Gasteiger partial charge in [0.2, 0.25) is 11.9 Å². The Labute approximate surface area is 219 Å². The van der Waals surface area contributed by atoms with Crippen molar-refractivity contribution in [2.45, 2.75) is 25.1 Å². The fraction of sp³-hybridized carbons (Fsp3) is 0.192. The number of halogens is 1. The zero-order valence-corrected chi connectivity index (χ0v) is 20.7. The summed E-state index contributed by atoms with van der Waals surface area (Å²) in [7, 11) is 0. The highest BCUT2D eigenvalue weighted by molar-refractivity contribution is 6.30. The van der Waals surface area contributed by atoms with E-state index in [2.05, 4.69) is 21.2 Å². The molecule has 0 saturated heterocycles. The average Bonchev–Trinajstić information content (AvgIpc) is 2.91. The Kier molecular flexibility index (Phi) is 10.4. The van der Waals surface area contributed by atoms with E-state index in [1.807, 2.05) is 72.8 Å². The van der Waals surface area contributed by atoms with Crippen molar-refractivity contribution in [2.75, 3.05) is 6.61 Å². The summed E-state index contributed by atoms with van der Waals surface area (Å²) >= 11 is 6.10. The fourth-order valence-corrected chi connectivity index (χ4v) is 3.77. The van der Waals surface area contributed by atoms with E-state index >= 15 is 0 Å². The standard InChI is InChI=1S/C26H29ClN6O4/c27-21-8-4-7-20(14-21)19-11-9-17(10-12-19)13-22(24(34)31-26(32-28)33-29)30-23(25(35)36)16-37-15-18-5-2-1-3-6-18/h1-12,14,22-23,30H,13,15-16,28-29H2,(H,35,36)(H2,31,32,33,34)/t22-,23-/m0/s1.